The topological polar surface area (TPSA) is 9.23 Å². The zero-order chi connectivity index (χ0) is 11.1. The van der Waals surface area contributed by atoms with Crippen LogP contribution in [-0.2, 0) is 4.74 Å². The van der Waals surface area contributed by atoms with Crippen LogP contribution in [0.5, 0.6) is 0 Å². The first kappa shape index (κ1) is 13.0. The Balaban J connectivity index is 2.39. The van der Waals surface area contributed by atoms with Gasteiger partial charge in [-0.1, -0.05) is 46.0 Å². The van der Waals surface area contributed by atoms with Crippen molar-refractivity contribution in [3.63, 3.8) is 0 Å². The Morgan fingerprint density at radius 1 is 0.867 bits per heavy atom. The van der Waals surface area contributed by atoms with E-state index in [4.69, 9.17) is 4.74 Å². The van der Waals surface area contributed by atoms with Crippen LogP contribution in [0.3, 0.4) is 0 Å². The standard InChI is InChI=1S/C14H28O/c1-14(2)11-7-5-4-6-9-13(15-3)10-8-12-14/h13H,4-12H2,1-3H3. The van der Waals surface area contributed by atoms with Crippen molar-refractivity contribution in [2.24, 2.45) is 5.41 Å². The Bertz CT molecular complexity index is 163. The van der Waals surface area contributed by atoms with E-state index in [1.165, 1.54) is 57.8 Å². The highest BCUT2D eigenvalue weighted by atomic mass is 16.5. The molecule has 90 valence electrons. The summed E-state index contributed by atoms with van der Waals surface area (Å²) in [4.78, 5) is 0. The van der Waals surface area contributed by atoms with E-state index < -0.39 is 0 Å². The van der Waals surface area contributed by atoms with Gasteiger partial charge in [0.2, 0.25) is 0 Å². The van der Waals surface area contributed by atoms with Crippen LogP contribution in [0.25, 0.3) is 0 Å². The molecule has 0 spiro atoms. The highest BCUT2D eigenvalue weighted by Crippen LogP contribution is 2.31. The lowest BCUT2D eigenvalue weighted by atomic mass is 9.82. The van der Waals surface area contributed by atoms with Gasteiger partial charge in [-0.2, -0.15) is 0 Å². The Labute approximate surface area is 95.6 Å². The summed E-state index contributed by atoms with van der Waals surface area (Å²) < 4.78 is 5.53. The smallest absolute Gasteiger partial charge is 0.0571 e. The van der Waals surface area contributed by atoms with Gasteiger partial charge in [0.1, 0.15) is 0 Å². The van der Waals surface area contributed by atoms with Gasteiger partial charge >= 0.3 is 0 Å². The van der Waals surface area contributed by atoms with Crippen molar-refractivity contribution in [2.75, 3.05) is 7.11 Å². The van der Waals surface area contributed by atoms with Gasteiger partial charge in [-0.15, -0.1) is 0 Å². The monoisotopic (exact) mass is 212 g/mol. The molecular weight excluding hydrogens is 184 g/mol. The minimum Gasteiger partial charge on any atom is -0.381 e. The zero-order valence-electron chi connectivity index (χ0n) is 10.8. The van der Waals surface area contributed by atoms with Crippen LogP contribution in [0, 0.1) is 5.41 Å². The van der Waals surface area contributed by atoms with E-state index in [1.54, 1.807) is 0 Å². The first-order valence-electron chi connectivity index (χ1n) is 6.67. The molecule has 1 atom stereocenters. The van der Waals surface area contributed by atoms with Crippen LogP contribution in [0.2, 0.25) is 0 Å². The molecule has 1 heteroatoms. The number of rotatable bonds is 1. The third kappa shape index (κ3) is 5.55. The highest BCUT2D eigenvalue weighted by molar-refractivity contribution is 4.71. The summed E-state index contributed by atoms with van der Waals surface area (Å²) in [6.07, 6.45) is 12.8. The average molecular weight is 212 g/mol. The lowest BCUT2D eigenvalue weighted by molar-refractivity contribution is 0.0813. The largest absolute Gasteiger partial charge is 0.381 e. The average Bonchev–Trinajstić information content (AvgIpc) is 2.22. The molecule has 0 aromatic rings. The lowest BCUT2D eigenvalue weighted by Gasteiger charge is -2.24. The molecule has 1 rings (SSSR count). The molecular formula is C14H28O. The third-order valence-electron chi connectivity index (χ3n) is 3.84. The van der Waals surface area contributed by atoms with Gasteiger partial charge in [-0.05, 0) is 31.1 Å². The van der Waals surface area contributed by atoms with Crippen molar-refractivity contribution >= 4 is 0 Å². The Hall–Kier alpha value is -0.0400. The lowest BCUT2D eigenvalue weighted by Crippen LogP contribution is -2.14. The van der Waals surface area contributed by atoms with Crippen molar-refractivity contribution in [3.8, 4) is 0 Å². The molecule has 0 heterocycles. The van der Waals surface area contributed by atoms with Gasteiger partial charge in [0.15, 0.2) is 0 Å². The van der Waals surface area contributed by atoms with Gasteiger partial charge in [-0.25, -0.2) is 0 Å². The molecule has 0 radical (unpaired) electrons. The van der Waals surface area contributed by atoms with Gasteiger partial charge < -0.3 is 4.74 Å². The van der Waals surface area contributed by atoms with Crippen molar-refractivity contribution in [2.45, 2.75) is 77.7 Å². The first-order valence-corrected chi connectivity index (χ1v) is 6.67. The van der Waals surface area contributed by atoms with Crippen molar-refractivity contribution < 1.29 is 4.74 Å². The predicted molar refractivity (Wildman–Crippen MR) is 66.1 cm³/mol. The fourth-order valence-corrected chi connectivity index (χ4v) is 2.64. The van der Waals surface area contributed by atoms with Gasteiger partial charge in [0, 0.05) is 7.11 Å². The predicted octanol–water partition coefficient (Wildman–Crippen LogP) is 4.55. The first-order chi connectivity index (χ1) is 7.14. The molecule has 0 aromatic carbocycles. The highest BCUT2D eigenvalue weighted by Gasteiger charge is 2.19. The number of methoxy groups -OCH3 is 1. The summed E-state index contributed by atoms with van der Waals surface area (Å²) in [5.41, 5.74) is 0.558. The molecule has 1 nitrogen and oxygen atoms in total. The van der Waals surface area contributed by atoms with E-state index in [0.717, 1.165) is 0 Å². The molecule has 0 aromatic heterocycles. The van der Waals surface area contributed by atoms with Gasteiger partial charge in [0.25, 0.3) is 0 Å². The second-order valence-electron chi connectivity index (χ2n) is 5.87. The molecule has 0 aliphatic heterocycles. The Kier molecular flexibility index (Phi) is 5.66. The Morgan fingerprint density at radius 3 is 2.20 bits per heavy atom. The minimum absolute atomic E-state index is 0.527. The third-order valence-corrected chi connectivity index (χ3v) is 3.84. The van der Waals surface area contributed by atoms with E-state index in [2.05, 4.69) is 13.8 Å². The fraction of sp³-hybridized carbons (Fsp3) is 1.00. The van der Waals surface area contributed by atoms with E-state index in [9.17, 15) is 0 Å². The number of hydrogen-bond donors (Lipinski definition) is 0. The molecule has 0 amide bonds. The van der Waals surface area contributed by atoms with Crippen LogP contribution in [0.1, 0.15) is 71.6 Å². The van der Waals surface area contributed by atoms with Gasteiger partial charge in [-0.3, -0.25) is 0 Å². The summed E-state index contributed by atoms with van der Waals surface area (Å²) in [6.45, 7) is 4.85. The maximum absolute atomic E-state index is 5.53. The Morgan fingerprint density at radius 2 is 1.47 bits per heavy atom. The minimum atomic E-state index is 0.527. The van der Waals surface area contributed by atoms with Crippen LogP contribution in [0.4, 0.5) is 0 Å². The molecule has 1 saturated carbocycles. The summed E-state index contributed by atoms with van der Waals surface area (Å²) in [5, 5.41) is 0. The molecule has 1 fully saturated rings. The van der Waals surface area contributed by atoms with Crippen LogP contribution >= 0.6 is 0 Å². The molecule has 1 aliphatic carbocycles. The normalized spacial score (nSPS) is 29.4. The van der Waals surface area contributed by atoms with E-state index in [-0.39, 0.29) is 0 Å². The molecule has 1 unspecified atom stereocenters. The number of hydrogen-bond acceptors (Lipinski definition) is 1. The van der Waals surface area contributed by atoms with Crippen LogP contribution in [-0.4, -0.2) is 13.2 Å². The maximum Gasteiger partial charge on any atom is 0.0571 e. The fourth-order valence-electron chi connectivity index (χ4n) is 2.64. The summed E-state index contributed by atoms with van der Waals surface area (Å²) in [5.74, 6) is 0. The van der Waals surface area contributed by atoms with Gasteiger partial charge in [0.05, 0.1) is 6.10 Å². The quantitative estimate of drug-likeness (QED) is 0.619. The molecule has 0 bridgehead atoms. The molecule has 1 aliphatic rings. The van der Waals surface area contributed by atoms with Crippen molar-refractivity contribution in [1.82, 2.24) is 0 Å². The van der Waals surface area contributed by atoms with E-state index in [0.29, 0.717) is 11.5 Å². The summed E-state index contributed by atoms with van der Waals surface area (Å²) in [7, 11) is 1.87. The van der Waals surface area contributed by atoms with E-state index >= 15 is 0 Å². The summed E-state index contributed by atoms with van der Waals surface area (Å²) in [6, 6.07) is 0. The summed E-state index contributed by atoms with van der Waals surface area (Å²) >= 11 is 0. The van der Waals surface area contributed by atoms with Crippen LogP contribution < -0.4 is 0 Å². The zero-order valence-corrected chi connectivity index (χ0v) is 10.8. The van der Waals surface area contributed by atoms with Crippen molar-refractivity contribution in [1.29, 1.82) is 0 Å². The number of ether oxygens (including phenoxy) is 1. The van der Waals surface area contributed by atoms with Crippen molar-refractivity contribution in [3.05, 3.63) is 0 Å². The SMILES string of the molecule is COC1CCCCCCC(C)(C)CCC1. The molecule has 0 N–H and O–H groups in total. The second kappa shape index (κ2) is 6.52. The van der Waals surface area contributed by atoms with Crippen LogP contribution in [0.15, 0.2) is 0 Å². The second-order valence-corrected chi connectivity index (χ2v) is 5.87. The van der Waals surface area contributed by atoms with E-state index in [1.807, 2.05) is 7.11 Å². The molecule has 15 heavy (non-hydrogen) atoms. The maximum atomic E-state index is 5.53. The molecule has 0 saturated heterocycles.